The minimum atomic E-state index is -0.859. The van der Waals surface area contributed by atoms with E-state index < -0.39 is 5.97 Å². The number of unbranched alkanes of at least 4 members (excludes halogenated alkanes) is 1. The number of carbonyl (C=O) groups excluding carboxylic acids is 1. The molecule has 0 aliphatic heterocycles. The SMILES string of the molecule is O=C(O)CCNC(=S)NCCCCc1cc(NCCc2ccccc2)ccc1NC(=O)c1ccccc1. The van der Waals surface area contributed by atoms with E-state index in [0.717, 1.165) is 49.2 Å². The molecule has 8 heteroatoms. The van der Waals surface area contributed by atoms with E-state index in [9.17, 15) is 9.59 Å². The van der Waals surface area contributed by atoms with Crippen LogP contribution in [-0.2, 0) is 17.6 Å². The molecule has 0 aromatic heterocycles. The number of benzene rings is 3. The van der Waals surface area contributed by atoms with Crippen LogP contribution in [0, 0.1) is 0 Å². The fraction of sp³-hybridized carbons (Fsp3) is 0.276. The fourth-order valence-electron chi connectivity index (χ4n) is 3.80. The van der Waals surface area contributed by atoms with Gasteiger partial charge in [0.15, 0.2) is 5.11 Å². The number of anilines is 2. The molecule has 0 radical (unpaired) electrons. The zero-order chi connectivity index (χ0) is 26.3. The number of rotatable bonds is 14. The molecule has 0 atom stereocenters. The normalized spacial score (nSPS) is 10.4. The molecule has 0 fully saturated rings. The Hall–Kier alpha value is -3.91. The minimum Gasteiger partial charge on any atom is -0.481 e. The maximum Gasteiger partial charge on any atom is 0.305 e. The summed E-state index contributed by atoms with van der Waals surface area (Å²) < 4.78 is 0. The van der Waals surface area contributed by atoms with Gasteiger partial charge in [-0.05, 0) is 79.4 Å². The molecule has 0 spiro atoms. The number of carboxylic acids is 1. The Morgan fingerprint density at radius 2 is 1.49 bits per heavy atom. The summed E-state index contributed by atoms with van der Waals surface area (Å²) in [7, 11) is 0. The molecular weight excluding hydrogens is 484 g/mol. The molecular formula is C29H34N4O3S. The molecule has 0 saturated heterocycles. The van der Waals surface area contributed by atoms with E-state index in [1.807, 2.05) is 48.5 Å². The van der Waals surface area contributed by atoms with Crippen LogP contribution in [0.1, 0.15) is 40.7 Å². The summed E-state index contributed by atoms with van der Waals surface area (Å²) in [4.78, 5) is 23.4. The molecule has 3 aromatic carbocycles. The number of thiocarbonyl (C=S) groups is 1. The van der Waals surface area contributed by atoms with Crippen molar-refractivity contribution < 1.29 is 14.7 Å². The molecule has 5 N–H and O–H groups in total. The predicted octanol–water partition coefficient (Wildman–Crippen LogP) is 4.86. The second-order valence-electron chi connectivity index (χ2n) is 8.64. The average Bonchev–Trinajstić information content (AvgIpc) is 2.90. The first-order chi connectivity index (χ1) is 18.0. The van der Waals surface area contributed by atoms with Crippen LogP contribution >= 0.6 is 12.2 Å². The molecule has 0 saturated carbocycles. The predicted molar refractivity (Wildman–Crippen MR) is 153 cm³/mol. The third-order valence-corrected chi connectivity index (χ3v) is 6.05. The van der Waals surface area contributed by atoms with Crippen molar-refractivity contribution in [3.8, 4) is 0 Å². The van der Waals surface area contributed by atoms with Crippen LogP contribution in [0.15, 0.2) is 78.9 Å². The lowest BCUT2D eigenvalue weighted by Gasteiger charge is -2.15. The first-order valence-corrected chi connectivity index (χ1v) is 12.9. The summed E-state index contributed by atoms with van der Waals surface area (Å²) in [5.41, 5.74) is 4.79. The molecule has 194 valence electrons. The van der Waals surface area contributed by atoms with Crippen molar-refractivity contribution >= 4 is 40.6 Å². The van der Waals surface area contributed by atoms with Gasteiger partial charge in [0, 0.05) is 36.6 Å². The van der Waals surface area contributed by atoms with Crippen LogP contribution in [0.3, 0.4) is 0 Å². The summed E-state index contributed by atoms with van der Waals surface area (Å²) in [5, 5.41) is 21.7. The molecule has 0 unspecified atom stereocenters. The van der Waals surface area contributed by atoms with Crippen LogP contribution in [0.4, 0.5) is 11.4 Å². The highest BCUT2D eigenvalue weighted by atomic mass is 32.1. The molecule has 1 amide bonds. The van der Waals surface area contributed by atoms with Gasteiger partial charge in [0.1, 0.15) is 0 Å². The lowest BCUT2D eigenvalue weighted by atomic mass is 10.0. The molecule has 0 heterocycles. The summed E-state index contributed by atoms with van der Waals surface area (Å²) in [5.74, 6) is -0.992. The van der Waals surface area contributed by atoms with Gasteiger partial charge in [-0.3, -0.25) is 9.59 Å². The Labute approximate surface area is 223 Å². The van der Waals surface area contributed by atoms with Gasteiger partial charge in [0.2, 0.25) is 0 Å². The summed E-state index contributed by atoms with van der Waals surface area (Å²) in [6.45, 7) is 1.80. The highest BCUT2D eigenvalue weighted by molar-refractivity contribution is 7.80. The second kappa shape index (κ2) is 15.3. The van der Waals surface area contributed by atoms with Crippen molar-refractivity contribution in [3.63, 3.8) is 0 Å². The van der Waals surface area contributed by atoms with Gasteiger partial charge in [0.25, 0.3) is 5.91 Å². The van der Waals surface area contributed by atoms with Crippen LogP contribution in [0.2, 0.25) is 0 Å². The number of aryl methyl sites for hydroxylation is 1. The standard InChI is InChI=1S/C29H34N4O3S/c34-27(35)17-20-32-29(37)31-18-8-7-13-24-21-25(30-19-16-22-9-3-1-4-10-22)14-15-26(24)33-28(36)23-11-5-2-6-12-23/h1-6,9-12,14-15,21,30H,7-8,13,16-20H2,(H,33,36)(H,34,35)(H2,31,32,37). The lowest BCUT2D eigenvalue weighted by molar-refractivity contribution is -0.136. The Balaban J connectivity index is 1.55. The van der Waals surface area contributed by atoms with Crippen molar-refractivity contribution in [1.82, 2.24) is 10.6 Å². The van der Waals surface area contributed by atoms with Gasteiger partial charge >= 0.3 is 5.97 Å². The van der Waals surface area contributed by atoms with Gasteiger partial charge in [0.05, 0.1) is 6.42 Å². The zero-order valence-corrected chi connectivity index (χ0v) is 21.7. The first kappa shape index (κ1) is 27.7. The smallest absolute Gasteiger partial charge is 0.305 e. The van der Waals surface area contributed by atoms with Crippen molar-refractivity contribution in [2.24, 2.45) is 0 Å². The summed E-state index contributed by atoms with van der Waals surface area (Å²) >= 11 is 5.19. The van der Waals surface area contributed by atoms with E-state index in [4.69, 9.17) is 17.3 Å². The lowest BCUT2D eigenvalue weighted by Crippen LogP contribution is -2.36. The van der Waals surface area contributed by atoms with Crippen molar-refractivity contribution in [3.05, 3.63) is 95.6 Å². The molecule has 7 nitrogen and oxygen atoms in total. The van der Waals surface area contributed by atoms with Crippen LogP contribution in [-0.4, -0.2) is 41.7 Å². The van der Waals surface area contributed by atoms with Gasteiger partial charge in [-0.2, -0.15) is 0 Å². The van der Waals surface area contributed by atoms with Crippen molar-refractivity contribution in [1.29, 1.82) is 0 Å². The number of hydrogen-bond acceptors (Lipinski definition) is 4. The Kier molecular flexibility index (Phi) is 11.4. The third kappa shape index (κ3) is 10.3. The van der Waals surface area contributed by atoms with E-state index in [-0.39, 0.29) is 12.3 Å². The molecule has 3 rings (SSSR count). The fourth-order valence-corrected chi connectivity index (χ4v) is 4.00. The number of aliphatic carboxylic acids is 1. The van der Waals surface area contributed by atoms with E-state index in [2.05, 4.69) is 39.5 Å². The van der Waals surface area contributed by atoms with E-state index >= 15 is 0 Å². The molecule has 0 aliphatic rings. The topological polar surface area (TPSA) is 102 Å². The maximum atomic E-state index is 12.8. The van der Waals surface area contributed by atoms with Crippen LogP contribution in [0.25, 0.3) is 0 Å². The Morgan fingerprint density at radius 1 is 0.784 bits per heavy atom. The molecule has 0 bridgehead atoms. The summed E-state index contributed by atoms with van der Waals surface area (Å²) in [6, 6.07) is 25.6. The maximum absolute atomic E-state index is 12.8. The quantitative estimate of drug-likeness (QED) is 0.154. The number of nitrogens with one attached hydrogen (secondary N) is 4. The van der Waals surface area contributed by atoms with E-state index in [1.165, 1.54) is 5.56 Å². The van der Waals surface area contributed by atoms with Crippen molar-refractivity contribution in [2.75, 3.05) is 30.3 Å². The van der Waals surface area contributed by atoms with Gasteiger partial charge < -0.3 is 26.4 Å². The largest absolute Gasteiger partial charge is 0.481 e. The molecule has 37 heavy (non-hydrogen) atoms. The zero-order valence-electron chi connectivity index (χ0n) is 20.8. The van der Waals surface area contributed by atoms with Crippen LogP contribution in [0.5, 0.6) is 0 Å². The number of amides is 1. The van der Waals surface area contributed by atoms with Gasteiger partial charge in [-0.15, -0.1) is 0 Å². The first-order valence-electron chi connectivity index (χ1n) is 12.5. The minimum absolute atomic E-state index is 0.0228. The Bertz CT molecular complexity index is 1160. The third-order valence-electron chi connectivity index (χ3n) is 5.76. The Morgan fingerprint density at radius 3 is 2.22 bits per heavy atom. The van der Waals surface area contributed by atoms with Gasteiger partial charge in [-0.25, -0.2) is 0 Å². The molecule has 0 aliphatic carbocycles. The number of carboxylic acid groups (broad SMARTS) is 1. The second-order valence-corrected chi connectivity index (χ2v) is 9.05. The van der Waals surface area contributed by atoms with Gasteiger partial charge in [-0.1, -0.05) is 48.5 Å². The highest BCUT2D eigenvalue weighted by Crippen LogP contribution is 2.23. The van der Waals surface area contributed by atoms with Crippen molar-refractivity contribution in [2.45, 2.75) is 32.1 Å². The van der Waals surface area contributed by atoms with E-state index in [1.54, 1.807) is 12.1 Å². The van der Waals surface area contributed by atoms with E-state index in [0.29, 0.717) is 23.8 Å². The summed E-state index contributed by atoms with van der Waals surface area (Å²) in [6.07, 6.45) is 3.51. The average molecular weight is 519 g/mol. The highest BCUT2D eigenvalue weighted by Gasteiger charge is 2.10. The van der Waals surface area contributed by atoms with Crippen LogP contribution < -0.4 is 21.3 Å². The number of carbonyl (C=O) groups is 2. The monoisotopic (exact) mass is 518 g/mol. The molecule has 3 aromatic rings. The number of hydrogen-bond donors (Lipinski definition) is 5.